The van der Waals surface area contributed by atoms with Crippen molar-refractivity contribution in [2.24, 2.45) is 0 Å². The van der Waals surface area contributed by atoms with Crippen LogP contribution >= 0.6 is 11.3 Å². The Morgan fingerprint density at radius 2 is 2.25 bits per heavy atom. The summed E-state index contributed by atoms with van der Waals surface area (Å²) in [7, 11) is 0. The first-order valence-corrected chi connectivity index (χ1v) is 8.73. The van der Waals surface area contributed by atoms with Gasteiger partial charge in [-0.15, -0.1) is 11.3 Å². The average molecular weight is 351 g/mol. The van der Waals surface area contributed by atoms with E-state index in [-0.39, 0.29) is 12.3 Å². The van der Waals surface area contributed by atoms with E-state index >= 15 is 0 Å². The van der Waals surface area contributed by atoms with E-state index in [2.05, 4.69) is 15.5 Å². The van der Waals surface area contributed by atoms with Gasteiger partial charge >= 0.3 is 5.97 Å². The number of hydrogen-bond acceptors (Lipinski definition) is 6. The summed E-state index contributed by atoms with van der Waals surface area (Å²) in [6, 6.07) is 3.82. The molecule has 0 aromatic carbocycles. The zero-order chi connectivity index (χ0) is 17.6. The molecule has 2 N–H and O–H groups in total. The van der Waals surface area contributed by atoms with Gasteiger partial charge in [0.2, 0.25) is 17.6 Å². The molecule has 2 aromatic heterocycles. The third-order valence-corrected chi connectivity index (χ3v) is 4.51. The summed E-state index contributed by atoms with van der Waals surface area (Å²) in [5.41, 5.74) is -1.22. The van der Waals surface area contributed by atoms with E-state index in [1.807, 2.05) is 24.4 Å². The Bertz CT molecular complexity index is 683. The van der Waals surface area contributed by atoms with Crippen molar-refractivity contribution in [2.45, 2.75) is 51.5 Å². The SMILES string of the molecule is CCCC(C)(NC(=O)CCCc1nc(-c2cccs2)no1)C(=O)O. The van der Waals surface area contributed by atoms with Gasteiger partial charge < -0.3 is 14.9 Å². The summed E-state index contributed by atoms with van der Waals surface area (Å²) in [6.07, 6.45) is 2.27. The van der Waals surface area contributed by atoms with Crippen LogP contribution in [0, 0.1) is 0 Å². The first kappa shape index (κ1) is 18.1. The number of thiophene rings is 1. The molecule has 2 heterocycles. The van der Waals surface area contributed by atoms with Crippen LogP contribution in [0.15, 0.2) is 22.0 Å². The molecule has 2 rings (SSSR count). The van der Waals surface area contributed by atoms with Gasteiger partial charge in [0.25, 0.3) is 0 Å². The second-order valence-corrected chi connectivity index (χ2v) is 6.73. The number of carboxylic acids is 1. The standard InChI is InChI=1S/C16H21N3O4S/c1-3-9-16(2,15(21)22)18-12(20)7-4-8-13-17-14(19-23-13)11-6-5-10-24-11/h5-6,10H,3-4,7-9H2,1-2H3,(H,18,20)(H,21,22). The molecule has 7 nitrogen and oxygen atoms in total. The second-order valence-electron chi connectivity index (χ2n) is 5.78. The smallest absolute Gasteiger partial charge is 0.329 e. The number of carbonyl (C=O) groups excluding carboxylic acids is 1. The van der Waals surface area contributed by atoms with E-state index in [4.69, 9.17) is 4.52 Å². The first-order valence-electron chi connectivity index (χ1n) is 7.85. The minimum absolute atomic E-state index is 0.212. The molecule has 1 unspecified atom stereocenters. The van der Waals surface area contributed by atoms with Crippen LogP contribution in [0.5, 0.6) is 0 Å². The summed E-state index contributed by atoms with van der Waals surface area (Å²) >= 11 is 1.53. The molecule has 0 saturated heterocycles. The lowest BCUT2D eigenvalue weighted by Crippen LogP contribution is -2.52. The van der Waals surface area contributed by atoms with E-state index in [9.17, 15) is 14.7 Å². The van der Waals surface area contributed by atoms with Crippen molar-refractivity contribution in [2.75, 3.05) is 0 Å². The Kier molecular flexibility index (Phi) is 6.08. The molecular weight excluding hydrogens is 330 g/mol. The molecule has 0 fully saturated rings. The highest BCUT2D eigenvalue weighted by atomic mass is 32.1. The number of carbonyl (C=O) groups is 2. The Morgan fingerprint density at radius 3 is 2.88 bits per heavy atom. The predicted octanol–water partition coefficient (Wildman–Crippen LogP) is 2.88. The number of amides is 1. The third-order valence-electron chi connectivity index (χ3n) is 3.64. The summed E-state index contributed by atoms with van der Waals surface area (Å²) in [5, 5.41) is 17.7. The summed E-state index contributed by atoms with van der Waals surface area (Å²) in [6.45, 7) is 3.41. The lowest BCUT2D eigenvalue weighted by Gasteiger charge is -2.25. The van der Waals surface area contributed by atoms with Crippen molar-refractivity contribution in [3.63, 3.8) is 0 Å². The molecule has 0 spiro atoms. The number of aryl methyl sites for hydroxylation is 1. The van der Waals surface area contributed by atoms with Gasteiger partial charge in [0, 0.05) is 12.8 Å². The molecule has 2 aromatic rings. The van der Waals surface area contributed by atoms with Gasteiger partial charge in [0.15, 0.2) is 0 Å². The third kappa shape index (κ3) is 4.64. The van der Waals surface area contributed by atoms with Gasteiger partial charge in [-0.2, -0.15) is 4.98 Å². The quantitative estimate of drug-likeness (QED) is 0.719. The Labute approximate surface area is 144 Å². The topological polar surface area (TPSA) is 105 Å². The molecule has 0 bridgehead atoms. The fourth-order valence-electron chi connectivity index (χ4n) is 2.36. The predicted molar refractivity (Wildman–Crippen MR) is 89.6 cm³/mol. The van der Waals surface area contributed by atoms with Gasteiger partial charge in [-0.25, -0.2) is 4.79 Å². The average Bonchev–Trinajstić information content (AvgIpc) is 3.18. The maximum atomic E-state index is 12.0. The van der Waals surface area contributed by atoms with Crippen molar-refractivity contribution in [3.05, 3.63) is 23.4 Å². The number of nitrogens with zero attached hydrogens (tertiary/aromatic N) is 2. The van der Waals surface area contributed by atoms with E-state index in [0.29, 0.717) is 37.4 Å². The Hall–Kier alpha value is -2.22. The molecule has 0 radical (unpaired) electrons. The lowest BCUT2D eigenvalue weighted by molar-refractivity contribution is -0.147. The fourth-order valence-corrected chi connectivity index (χ4v) is 3.00. The number of hydrogen-bond donors (Lipinski definition) is 2. The van der Waals surface area contributed by atoms with E-state index < -0.39 is 11.5 Å². The van der Waals surface area contributed by atoms with Crippen LogP contribution < -0.4 is 5.32 Å². The zero-order valence-corrected chi connectivity index (χ0v) is 14.6. The minimum atomic E-state index is -1.22. The van der Waals surface area contributed by atoms with Crippen molar-refractivity contribution >= 4 is 23.2 Å². The van der Waals surface area contributed by atoms with Crippen LogP contribution in [0.3, 0.4) is 0 Å². The molecule has 1 atom stereocenters. The van der Waals surface area contributed by atoms with Crippen molar-refractivity contribution < 1.29 is 19.2 Å². The van der Waals surface area contributed by atoms with Gasteiger partial charge in [0.05, 0.1) is 4.88 Å². The second kappa shape index (κ2) is 8.05. The number of carboxylic acid groups (broad SMARTS) is 1. The van der Waals surface area contributed by atoms with Crippen LogP contribution in [-0.4, -0.2) is 32.7 Å². The lowest BCUT2D eigenvalue weighted by atomic mass is 9.96. The van der Waals surface area contributed by atoms with Crippen molar-refractivity contribution in [3.8, 4) is 10.7 Å². The highest BCUT2D eigenvalue weighted by Gasteiger charge is 2.33. The maximum absolute atomic E-state index is 12.0. The minimum Gasteiger partial charge on any atom is -0.480 e. The van der Waals surface area contributed by atoms with Gasteiger partial charge in [-0.1, -0.05) is 24.6 Å². The number of nitrogens with one attached hydrogen (secondary N) is 1. The van der Waals surface area contributed by atoms with Gasteiger partial charge in [-0.3, -0.25) is 4.79 Å². The summed E-state index contributed by atoms with van der Waals surface area (Å²) < 4.78 is 5.17. The molecule has 0 saturated carbocycles. The highest BCUT2D eigenvalue weighted by molar-refractivity contribution is 7.13. The van der Waals surface area contributed by atoms with E-state index in [1.54, 1.807) is 0 Å². The van der Waals surface area contributed by atoms with Crippen LogP contribution in [-0.2, 0) is 16.0 Å². The van der Waals surface area contributed by atoms with Crippen molar-refractivity contribution in [1.29, 1.82) is 0 Å². The number of aliphatic carboxylic acids is 1. The van der Waals surface area contributed by atoms with Gasteiger partial charge in [-0.05, 0) is 31.2 Å². The fraction of sp³-hybridized carbons (Fsp3) is 0.500. The summed E-state index contributed by atoms with van der Waals surface area (Å²) in [4.78, 5) is 28.5. The molecule has 0 aliphatic heterocycles. The molecule has 0 aliphatic rings. The summed E-state index contributed by atoms with van der Waals surface area (Å²) in [5.74, 6) is -0.284. The zero-order valence-electron chi connectivity index (χ0n) is 13.7. The Morgan fingerprint density at radius 1 is 1.46 bits per heavy atom. The van der Waals surface area contributed by atoms with Crippen LogP contribution in [0.1, 0.15) is 45.4 Å². The Balaban J connectivity index is 1.81. The van der Waals surface area contributed by atoms with Crippen LogP contribution in [0.2, 0.25) is 0 Å². The monoisotopic (exact) mass is 351 g/mol. The van der Waals surface area contributed by atoms with Crippen LogP contribution in [0.4, 0.5) is 0 Å². The van der Waals surface area contributed by atoms with E-state index in [1.165, 1.54) is 18.3 Å². The number of rotatable bonds is 9. The van der Waals surface area contributed by atoms with Gasteiger partial charge in [0.1, 0.15) is 5.54 Å². The molecule has 24 heavy (non-hydrogen) atoms. The van der Waals surface area contributed by atoms with Crippen LogP contribution in [0.25, 0.3) is 10.7 Å². The maximum Gasteiger partial charge on any atom is 0.329 e. The van der Waals surface area contributed by atoms with E-state index in [0.717, 1.165) is 4.88 Å². The van der Waals surface area contributed by atoms with Crippen molar-refractivity contribution in [1.82, 2.24) is 15.5 Å². The molecule has 1 amide bonds. The first-order chi connectivity index (χ1) is 11.4. The normalized spacial score (nSPS) is 13.4. The number of aromatic nitrogens is 2. The molecule has 0 aliphatic carbocycles. The largest absolute Gasteiger partial charge is 0.480 e. The molecule has 8 heteroatoms. The molecular formula is C16H21N3O4S. The molecule has 130 valence electrons. The highest BCUT2D eigenvalue weighted by Crippen LogP contribution is 2.21.